The normalized spacial score (nSPS) is 13.7. The zero-order chi connectivity index (χ0) is 22.7. The van der Waals surface area contributed by atoms with Crippen molar-refractivity contribution in [3.8, 4) is 0 Å². The van der Waals surface area contributed by atoms with E-state index in [1.807, 2.05) is 0 Å². The number of benzene rings is 1. The summed E-state index contributed by atoms with van der Waals surface area (Å²) in [5.41, 5.74) is 0.338. The Bertz CT molecular complexity index is 787. The summed E-state index contributed by atoms with van der Waals surface area (Å²) < 4.78 is 42.5. The molecule has 0 bridgehead atoms. The van der Waals surface area contributed by atoms with Gasteiger partial charge in [0.05, 0.1) is 10.9 Å². The number of esters is 1. The minimum Gasteiger partial charge on any atom is -0.455 e. The summed E-state index contributed by atoms with van der Waals surface area (Å²) in [6, 6.07) is 4.27. The fourth-order valence-corrected chi connectivity index (χ4v) is 3.56. The molecular weight excluding hydrogens is 456 g/mol. The van der Waals surface area contributed by atoms with E-state index in [2.05, 4.69) is 12.2 Å². The highest BCUT2D eigenvalue weighted by Crippen LogP contribution is 2.25. The maximum absolute atomic E-state index is 13.7. The molecule has 1 rings (SSSR count). The Morgan fingerprint density at radius 1 is 1.10 bits per heavy atom. The quantitative estimate of drug-likeness (QED) is 0.256. The van der Waals surface area contributed by atoms with Crippen LogP contribution in [-0.2, 0) is 24.2 Å². The van der Waals surface area contributed by atoms with Gasteiger partial charge < -0.3 is 10.1 Å². The van der Waals surface area contributed by atoms with Crippen molar-refractivity contribution < 1.29 is 27.1 Å². The monoisotopic (exact) mass is 483 g/mol. The number of hydrogen-bond acceptors (Lipinski definition) is 5. The second kappa shape index (κ2) is 13.1. The average Bonchev–Trinajstić information content (AvgIpc) is 2.69. The van der Waals surface area contributed by atoms with Gasteiger partial charge in [0.25, 0.3) is 5.91 Å². The molecule has 0 saturated heterocycles. The predicted octanol–water partition coefficient (Wildman–Crippen LogP) is 4.29. The highest BCUT2D eigenvalue weighted by Gasteiger charge is 2.30. The summed E-state index contributed by atoms with van der Waals surface area (Å²) >= 11 is 11.0. The summed E-state index contributed by atoms with van der Waals surface area (Å²) in [6.45, 7) is 1.04. The van der Waals surface area contributed by atoms with Crippen LogP contribution in [0.3, 0.4) is 0 Å². The number of unbranched alkanes of at least 4 members (excludes halogenated alkanes) is 4. The van der Waals surface area contributed by atoms with Crippen LogP contribution < -0.4 is 5.32 Å². The van der Waals surface area contributed by atoms with Gasteiger partial charge in [0.2, 0.25) is 0 Å². The van der Waals surface area contributed by atoms with Crippen LogP contribution in [0.15, 0.2) is 29.2 Å². The number of carbonyl (C=O) groups is 2. The third-order valence-corrected chi connectivity index (χ3v) is 5.96. The first-order valence-corrected chi connectivity index (χ1v) is 12.5. The molecule has 0 aliphatic rings. The number of ether oxygens (including phenoxy) is 1. The Morgan fingerprint density at radius 2 is 1.70 bits per heavy atom. The lowest BCUT2D eigenvalue weighted by Gasteiger charge is -2.27. The summed E-state index contributed by atoms with van der Waals surface area (Å²) in [5, 5.41) is 2.33. The Kier molecular flexibility index (Phi) is 11.7. The van der Waals surface area contributed by atoms with Crippen molar-refractivity contribution in [1.29, 1.82) is 0 Å². The van der Waals surface area contributed by atoms with Gasteiger partial charge in [0.1, 0.15) is 12.8 Å². The van der Waals surface area contributed by atoms with Gasteiger partial charge in [-0.25, -0.2) is 12.8 Å². The van der Waals surface area contributed by atoms with E-state index in [1.54, 1.807) is 0 Å². The van der Waals surface area contributed by atoms with Crippen molar-refractivity contribution in [2.75, 3.05) is 12.9 Å². The van der Waals surface area contributed by atoms with Gasteiger partial charge >= 0.3 is 5.97 Å². The number of nitrogens with one attached hydrogen (secondary N) is 1. The zero-order valence-electron chi connectivity index (χ0n) is 17.1. The first-order valence-electron chi connectivity index (χ1n) is 9.74. The van der Waals surface area contributed by atoms with Crippen LogP contribution in [-0.4, -0.2) is 44.1 Å². The van der Waals surface area contributed by atoms with E-state index >= 15 is 0 Å². The van der Waals surface area contributed by atoms with Crippen molar-refractivity contribution in [3.63, 3.8) is 0 Å². The number of amides is 1. The largest absolute Gasteiger partial charge is 0.455 e. The number of rotatable bonds is 13. The van der Waals surface area contributed by atoms with E-state index in [1.165, 1.54) is 24.3 Å². The first kappa shape index (κ1) is 26.7. The smallest absolute Gasteiger partial charge is 0.306 e. The third kappa shape index (κ3) is 9.18. The minimum atomic E-state index is -3.43. The SMILES string of the molecule is CCCCCCCC(=O)O[C@H](c1ccc(S(C)(=O)=O)cc1)[C@@H](CF)NC(=O)C(Cl)Cl. The maximum Gasteiger partial charge on any atom is 0.306 e. The molecular formula is C20H28Cl2FNO5S. The maximum atomic E-state index is 13.7. The lowest BCUT2D eigenvalue weighted by atomic mass is 10.0. The van der Waals surface area contributed by atoms with Crippen molar-refractivity contribution in [3.05, 3.63) is 29.8 Å². The molecule has 0 aromatic heterocycles. The van der Waals surface area contributed by atoms with Gasteiger partial charge in [-0.3, -0.25) is 9.59 Å². The first-order chi connectivity index (χ1) is 14.1. The van der Waals surface area contributed by atoms with E-state index in [4.69, 9.17) is 27.9 Å². The van der Waals surface area contributed by atoms with E-state index in [9.17, 15) is 22.4 Å². The molecule has 1 aromatic rings. The Hall–Kier alpha value is -1.38. The van der Waals surface area contributed by atoms with Gasteiger partial charge in [-0.15, -0.1) is 0 Å². The number of carbonyl (C=O) groups excluding carboxylic acids is 2. The molecule has 2 atom stereocenters. The number of alkyl halides is 3. The molecule has 6 nitrogen and oxygen atoms in total. The van der Waals surface area contributed by atoms with Crippen LogP contribution in [0.2, 0.25) is 0 Å². The van der Waals surface area contributed by atoms with Gasteiger partial charge in [-0.1, -0.05) is 67.9 Å². The predicted molar refractivity (Wildman–Crippen MR) is 115 cm³/mol. The van der Waals surface area contributed by atoms with E-state index < -0.39 is 45.4 Å². The molecule has 0 unspecified atom stereocenters. The standard InChI is InChI=1S/C20H28Cl2FNO5S/c1-3-4-5-6-7-8-17(25)29-18(16(13-23)24-20(26)19(21)22)14-9-11-15(12-10-14)30(2,27)28/h9-12,16,18-19H,3-8,13H2,1-2H3,(H,24,26)/t16-,18-/m1/s1. The van der Waals surface area contributed by atoms with Crippen molar-refractivity contribution in [2.24, 2.45) is 0 Å². The molecule has 0 radical (unpaired) electrons. The van der Waals surface area contributed by atoms with Gasteiger partial charge in [0, 0.05) is 12.7 Å². The fraction of sp³-hybridized carbons (Fsp3) is 0.600. The molecule has 1 aromatic carbocycles. The molecule has 0 aliphatic carbocycles. The van der Waals surface area contributed by atoms with E-state index in [0.29, 0.717) is 12.0 Å². The second-order valence-corrected chi connectivity index (χ2v) is 10.1. The zero-order valence-corrected chi connectivity index (χ0v) is 19.4. The molecule has 1 amide bonds. The highest BCUT2D eigenvalue weighted by molar-refractivity contribution is 7.90. The van der Waals surface area contributed by atoms with Crippen molar-refractivity contribution in [1.82, 2.24) is 5.32 Å². The van der Waals surface area contributed by atoms with Crippen molar-refractivity contribution >= 4 is 44.9 Å². The minimum absolute atomic E-state index is 0.0645. The summed E-state index contributed by atoms with van der Waals surface area (Å²) in [7, 11) is -3.43. The number of sulfone groups is 1. The summed E-state index contributed by atoms with van der Waals surface area (Å²) in [6.07, 6.45) is 4.73. The van der Waals surface area contributed by atoms with Crippen molar-refractivity contribution in [2.45, 2.75) is 67.3 Å². The molecule has 170 valence electrons. The summed E-state index contributed by atoms with van der Waals surface area (Å²) in [4.78, 5) is 22.8. The Labute approximate surface area is 187 Å². The molecule has 0 spiro atoms. The molecule has 0 fully saturated rings. The third-order valence-electron chi connectivity index (χ3n) is 4.44. The highest BCUT2D eigenvalue weighted by atomic mass is 35.5. The van der Waals surface area contributed by atoms with Crippen LogP contribution in [0.4, 0.5) is 4.39 Å². The topological polar surface area (TPSA) is 89.5 Å². The number of halogens is 3. The van der Waals surface area contributed by atoms with Gasteiger partial charge in [0.15, 0.2) is 14.7 Å². The van der Waals surface area contributed by atoms with E-state index in [0.717, 1.165) is 31.9 Å². The van der Waals surface area contributed by atoms with E-state index in [-0.39, 0.29) is 11.3 Å². The molecule has 30 heavy (non-hydrogen) atoms. The van der Waals surface area contributed by atoms with Gasteiger partial charge in [-0.05, 0) is 24.1 Å². The number of hydrogen-bond donors (Lipinski definition) is 1. The van der Waals surface area contributed by atoms with Gasteiger partial charge in [-0.2, -0.15) is 0 Å². The molecule has 0 saturated carbocycles. The van der Waals surface area contributed by atoms with Crippen LogP contribution in [0, 0.1) is 0 Å². The van der Waals surface area contributed by atoms with Crippen LogP contribution in [0.25, 0.3) is 0 Å². The molecule has 1 N–H and O–H groups in total. The average molecular weight is 484 g/mol. The second-order valence-electron chi connectivity index (χ2n) is 6.99. The lowest BCUT2D eigenvalue weighted by molar-refractivity contribution is -0.152. The lowest BCUT2D eigenvalue weighted by Crippen LogP contribution is -2.44. The summed E-state index contributed by atoms with van der Waals surface area (Å²) in [5.74, 6) is -1.36. The Balaban J connectivity index is 3.00. The van der Waals surface area contributed by atoms with Crippen LogP contribution >= 0.6 is 23.2 Å². The fourth-order valence-electron chi connectivity index (χ4n) is 2.80. The molecule has 0 aliphatic heterocycles. The van der Waals surface area contributed by atoms with Crippen LogP contribution in [0.1, 0.15) is 57.1 Å². The molecule has 0 heterocycles. The molecule has 10 heteroatoms. The Morgan fingerprint density at radius 3 is 2.20 bits per heavy atom. The van der Waals surface area contributed by atoms with Crippen LogP contribution in [0.5, 0.6) is 0 Å².